The van der Waals surface area contributed by atoms with Crippen molar-refractivity contribution in [3.05, 3.63) is 106 Å². The van der Waals surface area contributed by atoms with Gasteiger partial charge in [0.2, 0.25) is 0 Å². The molecule has 1 aromatic heterocycles. The van der Waals surface area contributed by atoms with Crippen LogP contribution >= 0.6 is 23.5 Å². The topological polar surface area (TPSA) is 95.6 Å². The van der Waals surface area contributed by atoms with E-state index in [0.29, 0.717) is 22.3 Å². The van der Waals surface area contributed by atoms with Crippen molar-refractivity contribution in [1.29, 1.82) is 5.26 Å². The van der Waals surface area contributed by atoms with E-state index in [-0.39, 0.29) is 5.56 Å². The Morgan fingerprint density at radius 3 is 2.22 bits per heavy atom. The highest BCUT2D eigenvalue weighted by Gasteiger charge is 2.14. The first-order valence-corrected chi connectivity index (χ1v) is 11.9. The second-order valence-corrected chi connectivity index (χ2v) is 9.05. The van der Waals surface area contributed by atoms with Crippen LogP contribution in [0, 0.1) is 11.3 Å². The van der Waals surface area contributed by atoms with Crippen molar-refractivity contribution in [2.24, 2.45) is 0 Å². The van der Waals surface area contributed by atoms with Gasteiger partial charge in [-0.25, -0.2) is 4.98 Å². The van der Waals surface area contributed by atoms with E-state index < -0.39 is 5.56 Å². The number of rotatable bonds is 7. The molecule has 0 saturated heterocycles. The number of aromatic amines is 1. The number of thioether (sulfide) groups is 2. The molecule has 32 heavy (non-hydrogen) atoms. The molecule has 0 bridgehead atoms. The van der Waals surface area contributed by atoms with Gasteiger partial charge in [0.05, 0.1) is 5.69 Å². The highest BCUT2D eigenvalue weighted by atomic mass is 32.2. The van der Waals surface area contributed by atoms with Gasteiger partial charge in [-0.3, -0.25) is 4.79 Å². The lowest BCUT2D eigenvalue weighted by atomic mass is 10.1. The third kappa shape index (κ3) is 5.41. The summed E-state index contributed by atoms with van der Waals surface area (Å²) in [6, 6.07) is 27.6. The Morgan fingerprint density at radius 1 is 0.875 bits per heavy atom. The molecular formula is C25H20N4OS2. The first-order valence-electron chi connectivity index (χ1n) is 9.91. The van der Waals surface area contributed by atoms with Crippen molar-refractivity contribution >= 4 is 29.2 Å². The van der Waals surface area contributed by atoms with Gasteiger partial charge >= 0.3 is 0 Å². The Bertz CT molecular complexity index is 1300. The van der Waals surface area contributed by atoms with Crippen LogP contribution in [0.25, 0.3) is 11.3 Å². The molecule has 0 aliphatic carbocycles. The number of nitrogens with one attached hydrogen (secondary N) is 1. The van der Waals surface area contributed by atoms with E-state index in [1.807, 2.05) is 72.8 Å². The van der Waals surface area contributed by atoms with Crippen LogP contribution in [0.15, 0.2) is 93.7 Å². The molecule has 1 heterocycles. The molecule has 0 fully saturated rings. The molecule has 3 aromatic carbocycles. The smallest absolute Gasteiger partial charge is 0.270 e. The maximum atomic E-state index is 12.5. The fourth-order valence-corrected chi connectivity index (χ4v) is 4.72. The molecule has 0 atom stereocenters. The first kappa shape index (κ1) is 21.8. The number of nitrogens with two attached hydrogens (primary N) is 1. The lowest BCUT2D eigenvalue weighted by Crippen LogP contribution is -2.14. The zero-order valence-corrected chi connectivity index (χ0v) is 18.7. The monoisotopic (exact) mass is 456 g/mol. The van der Waals surface area contributed by atoms with Gasteiger partial charge in [-0.2, -0.15) is 5.26 Å². The fraction of sp³-hybridized carbons (Fsp3) is 0.0800. The van der Waals surface area contributed by atoms with Gasteiger partial charge in [-0.15, -0.1) is 11.8 Å². The summed E-state index contributed by atoms with van der Waals surface area (Å²) in [6.07, 6.45) is 0. The highest BCUT2D eigenvalue weighted by Crippen LogP contribution is 2.28. The number of anilines is 1. The summed E-state index contributed by atoms with van der Waals surface area (Å²) in [5, 5.41) is 9.99. The minimum absolute atomic E-state index is 0.0199. The Hall–Kier alpha value is -3.47. The highest BCUT2D eigenvalue weighted by molar-refractivity contribution is 7.98. The first-order chi connectivity index (χ1) is 15.6. The largest absolute Gasteiger partial charge is 0.399 e. The Labute approximate surface area is 194 Å². The van der Waals surface area contributed by atoms with E-state index in [0.717, 1.165) is 21.8 Å². The fourth-order valence-electron chi connectivity index (χ4n) is 3.05. The van der Waals surface area contributed by atoms with Gasteiger partial charge < -0.3 is 10.7 Å². The lowest BCUT2D eigenvalue weighted by molar-refractivity contribution is 0.934. The number of aromatic nitrogens is 2. The summed E-state index contributed by atoms with van der Waals surface area (Å²) in [4.78, 5) is 20.9. The quantitative estimate of drug-likeness (QED) is 0.217. The van der Waals surface area contributed by atoms with Gasteiger partial charge in [0.25, 0.3) is 5.56 Å². The van der Waals surface area contributed by atoms with Crippen molar-refractivity contribution < 1.29 is 0 Å². The summed E-state index contributed by atoms with van der Waals surface area (Å²) in [5.74, 6) is 1.50. The van der Waals surface area contributed by atoms with Crippen molar-refractivity contribution in [2.45, 2.75) is 21.6 Å². The van der Waals surface area contributed by atoms with Gasteiger partial charge in [0.15, 0.2) is 5.16 Å². The summed E-state index contributed by atoms with van der Waals surface area (Å²) < 4.78 is 0. The third-order valence-corrected chi connectivity index (χ3v) is 6.77. The van der Waals surface area contributed by atoms with E-state index in [2.05, 4.69) is 22.1 Å². The summed E-state index contributed by atoms with van der Waals surface area (Å²) >= 11 is 3.14. The summed E-state index contributed by atoms with van der Waals surface area (Å²) in [6.45, 7) is 0. The second-order valence-electron chi connectivity index (χ2n) is 7.04. The number of nitriles is 1. The molecule has 7 heteroatoms. The zero-order chi connectivity index (χ0) is 22.3. The predicted octanol–water partition coefficient (Wildman–Crippen LogP) is 5.48. The van der Waals surface area contributed by atoms with Crippen molar-refractivity contribution in [1.82, 2.24) is 9.97 Å². The van der Waals surface area contributed by atoms with Crippen molar-refractivity contribution in [3.8, 4) is 17.3 Å². The SMILES string of the molecule is N#Cc1c(-c2ccc(SCc3ccccc3)cc2)nc(SCc2ccc(N)cc2)[nH]c1=O. The number of benzene rings is 3. The Balaban J connectivity index is 1.53. The van der Waals surface area contributed by atoms with Gasteiger partial charge in [-0.05, 0) is 35.4 Å². The molecule has 0 aliphatic rings. The maximum Gasteiger partial charge on any atom is 0.270 e. The molecule has 4 rings (SSSR count). The number of hydrogen-bond donors (Lipinski definition) is 2. The number of nitrogens with zero attached hydrogens (tertiary/aromatic N) is 2. The van der Waals surface area contributed by atoms with Crippen LogP contribution < -0.4 is 11.3 Å². The average Bonchev–Trinajstić information content (AvgIpc) is 2.83. The predicted molar refractivity (Wildman–Crippen MR) is 131 cm³/mol. The molecule has 158 valence electrons. The lowest BCUT2D eigenvalue weighted by Gasteiger charge is -2.08. The standard InChI is InChI=1S/C25H20N4OS2/c26-14-22-23(19-8-12-21(13-9-19)31-15-17-4-2-1-3-5-17)28-25(29-24(22)30)32-16-18-6-10-20(27)11-7-18/h1-13H,15-16,27H2,(H,28,29,30). The molecule has 0 spiro atoms. The van der Waals surface area contributed by atoms with E-state index in [1.54, 1.807) is 11.8 Å². The third-order valence-electron chi connectivity index (χ3n) is 4.74. The van der Waals surface area contributed by atoms with Gasteiger partial charge in [-0.1, -0.05) is 66.4 Å². The van der Waals surface area contributed by atoms with Crippen LogP contribution in [0.1, 0.15) is 16.7 Å². The Morgan fingerprint density at radius 2 is 1.53 bits per heavy atom. The van der Waals surface area contributed by atoms with Crippen molar-refractivity contribution in [2.75, 3.05) is 5.73 Å². The van der Waals surface area contributed by atoms with Crippen LogP contribution in [0.5, 0.6) is 0 Å². The van der Waals surface area contributed by atoms with Crippen LogP contribution in [0.3, 0.4) is 0 Å². The molecule has 0 unspecified atom stereocenters. The van der Waals surface area contributed by atoms with Crippen molar-refractivity contribution in [3.63, 3.8) is 0 Å². The van der Waals surface area contributed by atoms with Crippen LogP contribution in [0.4, 0.5) is 5.69 Å². The normalized spacial score (nSPS) is 10.6. The summed E-state index contributed by atoms with van der Waals surface area (Å²) in [7, 11) is 0. The van der Waals surface area contributed by atoms with Gasteiger partial charge in [0.1, 0.15) is 11.6 Å². The van der Waals surface area contributed by atoms with E-state index >= 15 is 0 Å². The minimum atomic E-state index is -0.431. The summed E-state index contributed by atoms with van der Waals surface area (Å²) in [5.41, 5.74) is 9.49. The number of hydrogen-bond acceptors (Lipinski definition) is 6. The van der Waals surface area contributed by atoms with Crippen LogP contribution in [0.2, 0.25) is 0 Å². The number of H-pyrrole nitrogens is 1. The molecule has 0 radical (unpaired) electrons. The molecule has 3 N–H and O–H groups in total. The maximum absolute atomic E-state index is 12.5. The second kappa shape index (κ2) is 10.2. The van der Waals surface area contributed by atoms with E-state index in [9.17, 15) is 10.1 Å². The van der Waals surface area contributed by atoms with E-state index in [1.165, 1.54) is 17.3 Å². The number of nitrogen functional groups attached to an aromatic ring is 1. The van der Waals surface area contributed by atoms with E-state index in [4.69, 9.17) is 5.73 Å². The molecule has 0 saturated carbocycles. The molecule has 4 aromatic rings. The minimum Gasteiger partial charge on any atom is -0.399 e. The molecule has 0 amide bonds. The molecule has 0 aliphatic heterocycles. The van der Waals surface area contributed by atoms with Gasteiger partial charge in [0, 0.05) is 27.7 Å². The van der Waals surface area contributed by atoms with Crippen LogP contribution in [-0.2, 0) is 11.5 Å². The molecular weight excluding hydrogens is 436 g/mol. The Kier molecular flexibility index (Phi) is 6.95. The zero-order valence-electron chi connectivity index (χ0n) is 17.1. The molecule has 5 nitrogen and oxygen atoms in total. The van der Waals surface area contributed by atoms with Crippen LogP contribution in [-0.4, -0.2) is 9.97 Å². The average molecular weight is 457 g/mol.